The van der Waals surface area contributed by atoms with Gasteiger partial charge in [0.2, 0.25) is 0 Å². The van der Waals surface area contributed by atoms with Gasteiger partial charge in [0.25, 0.3) is 0 Å². The molecule has 0 bridgehead atoms. The second-order valence-electron chi connectivity index (χ2n) is 4.64. The standard InChI is InChI=1S/C12H17FO/c1-12(2,3)9-14-8-10-6-4-5-7-11(10)13/h4-7H,8-9H2,1-3H3. The molecule has 0 aliphatic rings. The van der Waals surface area contributed by atoms with E-state index in [0.29, 0.717) is 18.8 Å². The molecule has 0 aromatic heterocycles. The lowest BCUT2D eigenvalue weighted by atomic mass is 9.99. The number of hydrogen-bond acceptors (Lipinski definition) is 1. The molecule has 0 unspecified atom stereocenters. The summed E-state index contributed by atoms with van der Waals surface area (Å²) in [6, 6.07) is 6.70. The Labute approximate surface area is 84.9 Å². The molecule has 0 aliphatic heterocycles. The van der Waals surface area contributed by atoms with Crippen LogP contribution in [0.5, 0.6) is 0 Å². The second-order valence-corrected chi connectivity index (χ2v) is 4.64. The van der Waals surface area contributed by atoms with Crippen LogP contribution < -0.4 is 0 Å². The summed E-state index contributed by atoms with van der Waals surface area (Å²) in [6.07, 6.45) is 0. The lowest BCUT2D eigenvalue weighted by Crippen LogP contribution is -2.14. The quantitative estimate of drug-likeness (QED) is 0.720. The van der Waals surface area contributed by atoms with Crippen molar-refractivity contribution in [3.63, 3.8) is 0 Å². The van der Waals surface area contributed by atoms with Crippen molar-refractivity contribution in [1.82, 2.24) is 0 Å². The molecule has 0 atom stereocenters. The van der Waals surface area contributed by atoms with E-state index in [2.05, 4.69) is 20.8 Å². The molecule has 1 aromatic rings. The zero-order chi connectivity index (χ0) is 10.6. The maximum Gasteiger partial charge on any atom is 0.128 e. The van der Waals surface area contributed by atoms with E-state index in [-0.39, 0.29) is 11.2 Å². The highest BCUT2D eigenvalue weighted by atomic mass is 19.1. The predicted molar refractivity (Wildman–Crippen MR) is 55.5 cm³/mol. The Kier molecular flexibility index (Phi) is 3.64. The van der Waals surface area contributed by atoms with Crippen molar-refractivity contribution in [3.8, 4) is 0 Å². The summed E-state index contributed by atoms with van der Waals surface area (Å²) >= 11 is 0. The summed E-state index contributed by atoms with van der Waals surface area (Å²) in [7, 11) is 0. The van der Waals surface area contributed by atoms with Crippen LogP contribution in [-0.4, -0.2) is 6.61 Å². The minimum Gasteiger partial charge on any atom is -0.376 e. The van der Waals surface area contributed by atoms with E-state index in [1.807, 2.05) is 6.07 Å². The smallest absolute Gasteiger partial charge is 0.128 e. The Bertz CT molecular complexity index is 289. The van der Waals surface area contributed by atoms with Crippen molar-refractivity contribution in [1.29, 1.82) is 0 Å². The maximum absolute atomic E-state index is 13.1. The van der Waals surface area contributed by atoms with Gasteiger partial charge in [-0.25, -0.2) is 4.39 Å². The SMILES string of the molecule is CC(C)(C)COCc1ccccc1F. The third-order valence-electron chi connectivity index (χ3n) is 1.75. The van der Waals surface area contributed by atoms with Crippen LogP contribution in [0, 0.1) is 11.2 Å². The molecule has 0 aliphatic carbocycles. The first-order valence-electron chi connectivity index (χ1n) is 4.80. The molecule has 0 amide bonds. The molecule has 1 aromatic carbocycles. The van der Waals surface area contributed by atoms with E-state index in [1.54, 1.807) is 12.1 Å². The summed E-state index contributed by atoms with van der Waals surface area (Å²) in [6.45, 7) is 7.27. The monoisotopic (exact) mass is 196 g/mol. The van der Waals surface area contributed by atoms with Crippen LogP contribution in [0.25, 0.3) is 0 Å². The van der Waals surface area contributed by atoms with Crippen LogP contribution in [-0.2, 0) is 11.3 Å². The lowest BCUT2D eigenvalue weighted by Gasteiger charge is -2.18. The van der Waals surface area contributed by atoms with Gasteiger partial charge in [0.05, 0.1) is 13.2 Å². The highest BCUT2D eigenvalue weighted by Crippen LogP contribution is 2.15. The molecule has 0 heterocycles. The molecule has 0 N–H and O–H groups in total. The molecule has 1 rings (SSSR count). The first kappa shape index (κ1) is 11.2. The van der Waals surface area contributed by atoms with Crippen LogP contribution in [0.3, 0.4) is 0 Å². The zero-order valence-corrected chi connectivity index (χ0v) is 9.01. The third-order valence-corrected chi connectivity index (χ3v) is 1.75. The van der Waals surface area contributed by atoms with Crippen molar-refractivity contribution in [2.45, 2.75) is 27.4 Å². The number of ether oxygens (including phenoxy) is 1. The Morgan fingerprint density at radius 2 is 1.86 bits per heavy atom. The van der Waals surface area contributed by atoms with Crippen LogP contribution in [0.1, 0.15) is 26.3 Å². The normalized spacial score (nSPS) is 11.7. The fraction of sp³-hybridized carbons (Fsp3) is 0.500. The minimum atomic E-state index is -0.193. The first-order chi connectivity index (χ1) is 6.49. The van der Waals surface area contributed by atoms with Crippen LogP contribution in [0.4, 0.5) is 4.39 Å². The molecule has 0 saturated carbocycles. The van der Waals surface area contributed by atoms with E-state index >= 15 is 0 Å². The van der Waals surface area contributed by atoms with Gasteiger partial charge in [-0.3, -0.25) is 0 Å². The fourth-order valence-corrected chi connectivity index (χ4v) is 1.08. The Hall–Kier alpha value is -0.890. The molecule has 2 heteroatoms. The third kappa shape index (κ3) is 3.88. The summed E-state index contributed by atoms with van der Waals surface area (Å²) in [4.78, 5) is 0. The predicted octanol–water partition coefficient (Wildman–Crippen LogP) is 3.39. The molecule has 0 radical (unpaired) electrons. The summed E-state index contributed by atoms with van der Waals surface area (Å²) in [5, 5.41) is 0. The minimum absolute atomic E-state index is 0.130. The summed E-state index contributed by atoms with van der Waals surface area (Å²) < 4.78 is 18.6. The van der Waals surface area contributed by atoms with E-state index in [4.69, 9.17) is 4.74 Å². The zero-order valence-electron chi connectivity index (χ0n) is 9.01. The molecule has 78 valence electrons. The molecule has 14 heavy (non-hydrogen) atoms. The van der Waals surface area contributed by atoms with E-state index in [1.165, 1.54) is 6.07 Å². The van der Waals surface area contributed by atoms with E-state index in [9.17, 15) is 4.39 Å². The Morgan fingerprint density at radius 1 is 1.21 bits per heavy atom. The van der Waals surface area contributed by atoms with Gasteiger partial charge in [-0.2, -0.15) is 0 Å². The van der Waals surface area contributed by atoms with Gasteiger partial charge in [0.1, 0.15) is 5.82 Å². The van der Waals surface area contributed by atoms with Crippen LogP contribution in [0.2, 0.25) is 0 Å². The van der Waals surface area contributed by atoms with Crippen molar-refractivity contribution >= 4 is 0 Å². The van der Waals surface area contributed by atoms with Gasteiger partial charge >= 0.3 is 0 Å². The van der Waals surface area contributed by atoms with Crippen LogP contribution >= 0.6 is 0 Å². The lowest BCUT2D eigenvalue weighted by molar-refractivity contribution is 0.0583. The average molecular weight is 196 g/mol. The van der Waals surface area contributed by atoms with E-state index < -0.39 is 0 Å². The van der Waals surface area contributed by atoms with Gasteiger partial charge < -0.3 is 4.74 Å². The molecule has 0 fully saturated rings. The van der Waals surface area contributed by atoms with Gasteiger partial charge in [0, 0.05) is 5.56 Å². The highest BCUT2D eigenvalue weighted by Gasteiger charge is 2.10. The number of hydrogen-bond donors (Lipinski definition) is 0. The first-order valence-corrected chi connectivity index (χ1v) is 4.80. The molecular formula is C12H17FO. The Balaban J connectivity index is 2.43. The van der Waals surface area contributed by atoms with Gasteiger partial charge in [-0.15, -0.1) is 0 Å². The second kappa shape index (κ2) is 4.56. The fourth-order valence-electron chi connectivity index (χ4n) is 1.08. The molecule has 1 nitrogen and oxygen atoms in total. The van der Waals surface area contributed by atoms with Gasteiger partial charge in [-0.1, -0.05) is 39.0 Å². The summed E-state index contributed by atoms with van der Waals surface area (Å²) in [5.74, 6) is -0.193. The molecular weight excluding hydrogens is 179 g/mol. The number of halogens is 1. The Morgan fingerprint density at radius 3 is 2.43 bits per heavy atom. The molecule has 0 saturated heterocycles. The topological polar surface area (TPSA) is 9.23 Å². The van der Waals surface area contributed by atoms with Gasteiger partial charge in [-0.05, 0) is 11.5 Å². The van der Waals surface area contributed by atoms with Crippen molar-refractivity contribution < 1.29 is 9.13 Å². The average Bonchev–Trinajstić information content (AvgIpc) is 2.06. The number of benzene rings is 1. The molecule has 0 spiro atoms. The van der Waals surface area contributed by atoms with Crippen molar-refractivity contribution in [3.05, 3.63) is 35.6 Å². The number of rotatable bonds is 3. The van der Waals surface area contributed by atoms with Gasteiger partial charge in [0.15, 0.2) is 0 Å². The summed E-state index contributed by atoms with van der Waals surface area (Å²) in [5.41, 5.74) is 0.752. The largest absolute Gasteiger partial charge is 0.376 e. The van der Waals surface area contributed by atoms with Crippen LogP contribution in [0.15, 0.2) is 24.3 Å². The van der Waals surface area contributed by atoms with E-state index in [0.717, 1.165) is 0 Å². The van der Waals surface area contributed by atoms with Crippen molar-refractivity contribution in [2.75, 3.05) is 6.61 Å². The highest BCUT2D eigenvalue weighted by molar-refractivity contribution is 5.16. The van der Waals surface area contributed by atoms with Crippen molar-refractivity contribution in [2.24, 2.45) is 5.41 Å². The maximum atomic E-state index is 13.1.